The van der Waals surface area contributed by atoms with Crippen LogP contribution in [0, 0.1) is 6.92 Å². The average molecular weight is 332 g/mol. The maximum absolute atomic E-state index is 5.99. The van der Waals surface area contributed by atoms with Crippen molar-refractivity contribution in [2.24, 2.45) is 5.10 Å². The highest BCUT2D eigenvalue weighted by Crippen LogP contribution is 2.23. The quantitative estimate of drug-likeness (QED) is 0.711. The molecule has 128 valence electrons. The maximum atomic E-state index is 5.99. The van der Waals surface area contributed by atoms with Crippen LogP contribution in [0.2, 0.25) is 0 Å². The SMILES string of the molecule is Cc1ccc(-c2cnc(N)n2N=Cc2ccc(C(C)(C)C)cc2)cc1. The number of rotatable bonds is 3. The molecule has 2 aromatic carbocycles. The molecular formula is C21H24N4. The fourth-order valence-electron chi connectivity index (χ4n) is 2.60. The molecule has 0 aliphatic carbocycles. The van der Waals surface area contributed by atoms with Crippen molar-refractivity contribution >= 4 is 12.2 Å². The van der Waals surface area contributed by atoms with E-state index < -0.39 is 0 Å². The first-order valence-corrected chi connectivity index (χ1v) is 8.40. The molecule has 4 nitrogen and oxygen atoms in total. The van der Waals surface area contributed by atoms with Crippen LogP contribution in [0.15, 0.2) is 59.8 Å². The van der Waals surface area contributed by atoms with E-state index >= 15 is 0 Å². The van der Waals surface area contributed by atoms with E-state index in [9.17, 15) is 0 Å². The number of aromatic nitrogens is 2. The molecular weight excluding hydrogens is 308 g/mol. The van der Waals surface area contributed by atoms with Gasteiger partial charge in [-0.3, -0.25) is 0 Å². The molecule has 0 aliphatic heterocycles. The molecule has 0 fully saturated rings. The summed E-state index contributed by atoms with van der Waals surface area (Å²) in [4.78, 5) is 4.20. The van der Waals surface area contributed by atoms with Crippen molar-refractivity contribution in [3.05, 3.63) is 71.4 Å². The van der Waals surface area contributed by atoms with Gasteiger partial charge in [0, 0.05) is 5.56 Å². The molecule has 0 atom stereocenters. The van der Waals surface area contributed by atoms with Crippen LogP contribution >= 0.6 is 0 Å². The Kier molecular flexibility index (Phi) is 4.45. The first-order valence-electron chi connectivity index (χ1n) is 8.40. The molecule has 0 saturated heterocycles. The van der Waals surface area contributed by atoms with E-state index in [0.717, 1.165) is 16.8 Å². The number of nitrogen functional groups attached to an aromatic ring is 1. The largest absolute Gasteiger partial charge is 0.368 e. The van der Waals surface area contributed by atoms with Crippen molar-refractivity contribution in [2.75, 3.05) is 5.73 Å². The van der Waals surface area contributed by atoms with Crippen LogP contribution in [-0.2, 0) is 5.41 Å². The van der Waals surface area contributed by atoms with E-state index in [-0.39, 0.29) is 5.41 Å². The summed E-state index contributed by atoms with van der Waals surface area (Å²) in [5.41, 5.74) is 11.6. The third kappa shape index (κ3) is 3.79. The van der Waals surface area contributed by atoms with E-state index in [1.54, 1.807) is 10.9 Å². The van der Waals surface area contributed by atoms with Gasteiger partial charge >= 0.3 is 0 Å². The van der Waals surface area contributed by atoms with Gasteiger partial charge in [-0.05, 0) is 23.5 Å². The number of aryl methyl sites for hydroxylation is 1. The zero-order valence-corrected chi connectivity index (χ0v) is 15.2. The van der Waals surface area contributed by atoms with Crippen molar-refractivity contribution in [1.29, 1.82) is 0 Å². The lowest BCUT2D eigenvalue weighted by atomic mass is 9.87. The van der Waals surface area contributed by atoms with Crippen LogP contribution in [0.1, 0.15) is 37.5 Å². The minimum Gasteiger partial charge on any atom is -0.368 e. The average Bonchev–Trinajstić information content (AvgIpc) is 2.94. The Balaban J connectivity index is 1.89. The number of hydrogen-bond acceptors (Lipinski definition) is 3. The summed E-state index contributed by atoms with van der Waals surface area (Å²) in [7, 11) is 0. The third-order valence-electron chi connectivity index (χ3n) is 4.21. The van der Waals surface area contributed by atoms with Gasteiger partial charge < -0.3 is 5.73 Å². The zero-order chi connectivity index (χ0) is 18.0. The Labute approximate surface area is 149 Å². The van der Waals surface area contributed by atoms with Crippen molar-refractivity contribution in [1.82, 2.24) is 9.66 Å². The van der Waals surface area contributed by atoms with Crippen molar-refractivity contribution in [2.45, 2.75) is 33.1 Å². The van der Waals surface area contributed by atoms with Crippen LogP contribution in [0.4, 0.5) is 5.95 Å². The van der Waals surface area contributed by atoms with Gasteiger partial charge in [0.15, 0.2) is 0 Å². The molecule has 0 unspecified atom stereocenters. The highest BCUT2D eigenvalue weighted by atomic mass is 15.4. The van der Waals surface area contributed by atoms with Gasteiger partial charge in [-0.1, -0.05) is 74.9 Å². The molecule has 2 N–H and O–H groups in total. The van der Waals surface area contributed by atoms with E-state index in [2.05, 4.69) is 86.3 Å². The second-order valence-corrected chi connectivity index (χ2v) is 7.30. The molecule has 3 aromatic rings. The van der Waals surface area contributed by atoms with Gasteiger partial charge in [-0.25, -0.2) is 4.98 Å². The molecule has 1 aromatic heterocycles. The predicted octanol–water partition coefficient (Wildman–Crippen LogP) is 4.62. The Morgan fingerprint density at radius 1 is 1.00 bits per heavy atom. The van der Waals surface area contributed by atoms with Crippen LogP contribution in [0.3, 0.4) is 0 Å². The van der Waals surface area contributed by atoms with Crippen molar-refractivity contribution < 1.29 is 0 Å². The topological polar surface area (TPSA) is 56.2 Å². The summed E-state index contributed by atoms with van der Waals surface area (Å²) in [6, 6.07) is 16.7. The summed E-state index contributed by atoms with van der Waals surface area (Å²) in [6.07, 6.45) is 3.56. The molecule has 0 spiro atoms. The van der Waals surface area contributed by atoms with E-state index in [1.165, 1.54) is 11.1 Å². The van der Waals surface area contributed by atoms with Crippen molar-refractivity contribution in [3.63, 3.8) is 0 Å². The molecule has 0 saturated carbocycles. The number of imidazole rings is 1. The summed E-state index contributed by atoms with van der Waals surface area (Å²) < 4.78 is 1.67. The molecule has 3 rings (SSSR count). The van der Waals surface area contributed by atoms with Gasteiger partial charge in [0.25, 0.3) is 0 Å². The third-order valence-corrected chi connectivity index (χ3v) is 4.21. The lowest BCUT2D eigenvalue weighted by Crippen LogP contribution is -2.10. The molecule has 1 heterocycles. The molecule has 0 radical (unpaired) electrons. The molecule has 25 heavy (non-hydrogen) atoms. The Bertz CT molecular complexity index is 879. The Morgan fingerprint density at radius 2 is 1.64 bits per heavy atom. The van der Waals surface area contributed by atoms with E-state index in [0.29, 0.717) is 5.95 Å². The summed E-state index contributed by atoms with van der Waals surface area (Å²) >= 11 is 0. The number of nitrogens with zero attached hydrogens (tertiary/aromatic N) is 3. The molecule has 0 bridgehead atoms. The second-order valence-electron chi connectivity index (χ2n) is 7.30. The maximum Gasteiger partial charge on any atom is 0.221 e. The number of benzene rings is 2. The van der Waals surface area contributed by atoms with Gasteiger partial charge in [0.1, 0.15) is 0 Å². The normalized spacial score (nSPS) is 12.0. The number of nitrogens with two attached hydrogens (primary N) is 1. The van der Waals surface area contributed by atoms with Crippen LogP contribution in [-0.4, -0.2) is 15.9 Å². The first kappa shape index (κ1) is 17.0. The fourth-order valence-corrected chi connectivity index (χ4v) is 2.60. The van der Waals surface area contributed by atoms with Gasteiger partial charge in [-0.2, -0.15) is 9.78 Å². The monoisotopic (exact) mass is 332 g/mol. The van der Waals surface area contributed by atoms with Gasteiger partial charge in [0.05, 0.1) is 18.1 Å². The Morgan fingerprint density at radius 3 is 2.24 bits per heavy atom. The summed E-state index contributed by atoms with van der Waals surface area (Å²) in [5, 5.41) is 4.53. The van der Waals surface area contributed by atoms with E-state index in [4.69, 9.17) is 5.73 Å². The predicted molar refractivity (Wildman–Crippen MR) is 105 cm³/mol. The van der Waals surface area contributed by atoms with Gasteiger partial charge in [-0.15, -0.1) is 0 Å². The van der Waals surface area contributed by atoms with Crippen LogP contribution < -0.4 is 5.73 Å². The first-order chi connectivity index (χ1) is 11.8. The highest BCUT2D eigenvalue weighted by Gasteiger charge is 2.12. The second kappa shape index (κ2) is 6.55. The molecule has 0 amide bonds. The molecule has 4 heteroatoms. The highest BCUT2D eigenvalue weighted by molar-refractivity contribution is 5.80. The lowest BCUT2D eigenvalue weighted by molar-refractivity contribution is 0.590. The summed E-state index contributed by atoms with van der Waals surface area (Å²) in [6.45, 7) is 8.68. The lowest BCUT2D eigenvalue weighted by Gasteiger charge is -2.18. The Hall–Kier alpha value is -2.88. The minimum atomic E-state index is 0.142. The standard InChI is InChI=1S/C21H24N4/c1-15-5-9-17(10-6-15)19-14-23-20(22)25(19)24-13-16-7-11-18(12-8-16)21(2,3)4/h5-14H,1-4H3,(H2,22,23). The number of hydrogen-bond donors (Lipinski definition) is 1. The van der Waals surface area contributed by atoms with Gasteiger partial charge in [0.2, 0.25) is 5.95 Å². The fraction of sp³-hybridized carbons (Fsp3) is 0.238. The zero-order valence-electron chi connectivity index (χ0n) is 15.2. The van der Waals surface area contributed by atoms with Crippen LogP contribution in [0.25, 0.3) is 11.3 Å². The van der Waals surface area contributed by atoms with Crippen molar-refractivity contribution in [3.8, 4) is 11.3 Å². The number of anilines is 1. The minimum absolute atomic E-state index is 0.142. The summed E-state index contributed by atoms with van der Waals surface area (Å²) in [5.74, 6) is 0.373. The van der Waals surface area contributed by atoms with Crippen LogP contribution in [0.5, 0.6) is 0 Å². The molecule has 0 aliphatic rings. The van der Waals surface area contributed by atoms with E-state index in [1.807, 2.05) is 6.21 Å². The smallest absolute Gasteiger partial charge is 0.221 e.